The van der Waals surface area contributed by atoms with E-state index < -0.39 is 0 Å². The van der Waals surface area contributed by atoms with Gasteiger partial charge in [0.1, 0.15) is 5.82 Å². The molecular formula is C23H26FN5O3S. The zero-order chi connectivity index (χ0) is 23.2. The molecule has 1 aliphatic carbocycles. The van der Waals surface area contributed by atoms with Crippen LogP contribution in [0.3, 0.4) is 0 Å². The molecule has 1 fully saturated rings. The van der Waals surface area contributed by atoms with Crippen molar-refractivity contribution in [2.24, 2.45) is 0 Å². The van der Waals surface area contributed by atoms with Crippen LogP contribution in [-0.4, -0.2) is 50.8 Å². The van der Waals surface area contributed by atoms with Crippen LogP contribution in [0.1, 0.15) is 38.1 Å². The Labute approximate surface area is 195 Å². The van der Waals surface area contributed by atoms with Crippen LogP contribution in [-0.2, 0) is 9.59 Å². The number of aromatic nitrogens is 3. The fourth-order valence-electron chi connectivity index (χ4n) is 3.89. The summed E-state index contributed by atoms with van der Waals surface area (Å²) in [6, 6.07) is 9.42. The second-order valence-corrected chi connectivity index (χ2v) is 8.98. The van der Waals surface area contributed by atoms with Crippen molar-refractivity contribution in [1.29, 1.82) is 0 Å². The van der Waals surface area contributed by atoms with Crippen molar-refractivity contribution in [3.8, 4) is 11.6 Å². The lowest BCUT2D eigenvalue weighted by Gasteiger charge is -2.25. The quantitative estimate of drug-likeness (QED) is 0.491. The third-order valence-electron chi connectivity index (χ3n) is 5.61. The van der Waals surface area contributed by atoms with Crippen LogP contribution in [0.5, 0.6) is 0 Å². The molecule has 2 heterocycles. The summed E-state index contributed by atoms with van der Waals surface area (Å²) in [4.78, 5) is 26.3. The second-order valence-electron chi connectivity index (χ2n) is 8.04. The predicted octanol–water partition coefficient (Wildman–Crippen LogP) is 4.37. The van der Waals surface area contributed by atoms with Gasteiger partial charge in [-0.15, -0.1) is 10.2 Å². The summed E-state index contributed by atoms with van der Waals surface area (Å²) in [6.07, 6.45) is 7.20. The summed E-state index contributed by atoms with van der Waals surface area (Å²) >= 11 is 1.31. The fourth-order valence-corrected chi connectivity index (χ4v) is 4.84. The van der Waals surface area contributed by atoms with Crippen molar-refractivity contribution in [3.63, 3.8) is 0 Å². The van der Waals surface area contributed by atoms with E-state index in [0.29, 0.717) is 22.4 Å². The van der Waals surface area contributed by atoms with E-state index in [-0.39, 0.29) is 36.0 Å². The standard InChI is InChI=1S/C23H26FN5O3S/c1-28(14-20(30)25-17-11-9-16(24)10-12-17)21(31)15-33-23-27-26-22(19-8-5-13-32-19)29(23)18-6-3-2-4-7-18/h5,8-13,18H,2-4,6-7,14-15H2,1H3,(H,25,30). The number of anilines is 1. The van der Waals surface area contributed by atoms with E-state index in [1.54, 1.807) is 13.3 Å². The van der Waals surface area contributed by atoms with Crippen molar-refractivity contribution in [2.75, 3.05) is 24.7 Å². The number of hydrogen-bond acceptors (Lipinski definition) is 6. The Kier molecular flexibility index (Phi) is 7.43. The van der Waals surface area contributed by atoms with Crippen molar-refractivity contribution < 1.29 is 18.4 Å². The Hall–Kier alpha value is -3.14. The lowest BCUT2D eigenvalue weighted by molar-refractivity contribution is -0.131. The SMILES string of the molecule is CN(CC(=O)Nc1ccc(F)cc1)C(=O)CSc1nnc(-c2ccco2)n1C1CCCCC1. The average Bonchev–Trinajstić information content (AvgIpc) is 3.49. The molecule has 3 aromatic rings. The van der Waals surface area contributed by atoms with Crippen LogP contribution >= 0.6 is 11.8 Å². The molecule has 174 valence electrons. The second kappa shape index (κ2) is 10.7. The molecule has 2 amide bonds. The van der Waals surface area contributed by atoms with Gasteiger partial charge in [0.05, 0.1) is 18.6 Å². The molecule has 33 heavy (non-hydrogen) atoms. The number of thioether (sulfide) groups is 1. The maximum absolute atomic E-state index is 13.0. The third-order valence-corrected chi connectivity index (χ3v) is 6.53. The molecule has 0 bridgehead atoms. The number of furan rings is 1. The molecule has 0 spiro atoms. The van der Waals surface area contributed by atoms with Gasteiger partial charge in [0.25, 0.3) is 0 Å². The zero-order valence-corrected chi connectivity index (χ0v) is 19.2. The van der Waals surface area contributed by atoms with Gasteiger partial charge in [-0.05, 0) is 49.2 Å². The number of halogens is 1. The van der Waals surface area contributed by atoms with Gasteiger partial charge in [-0.25, -0.2) is 4.39 Å². The Bertz CT molecular complexity index is 1080. The van der Waals surface area contributed by atoms with Crippen LogP contribution < -0.4 is 5.32 Å². The summed E-state index contributed by atoms with van der Waals surface area (Å²) in [7, 11) is 1.58. The summed E-state index contributed by atoms with van der Waals surface area (Å²) in [5, 5.41) is 12.0. The number of benzene rings is 1. The zero-order valence-electron chi connectivity index (χ0n) is 18.4. The average molecular weight is 472 g/mol. The van der Waals surface area contributed by atoms with Gasteiger partial charge in [-0.1, -0.05) is 31.0 Å². The van der Waals surface area contributed by atoms with Crippen LogP contribution in [0, 0.1) is 5.82 Å². The van der Waals surface area contributed by atoms with Crippen LogP contribution in [0.4, 0.5) is 10.1 Å². The van der Waals surface area contributed by atoms with E-state index in [9.17, 15) is 14.0 Å². The summed E-state index contributed by atoms with van der Waals surface area (Å²) in [5.41, 5.74) is 0.475. The number of likely N-dealkylation sites (N-methyl/N-ethyl adjacent to an activating group) is 1. The first-order valence-electron chi connectivity index (χ1n) is 10.9. The minimum absolute atomic E-state index is 0.107. The first kappa shape index (κ1) is 23.0. The summed E-state index contributed by atoms with van der Waals surface area (Å²) in [5.74, 6) is 0.520. The lowest BCUT2D eigenvalue weighted by atomic mass is 9.95. The Balaban J connectivity index is 1.38. The normalized spacial score (nSPS) is 14.2. The molecular weight excluding hydrogens is 445 g/mol. The third kappa shape index (κ3) is 5.81. The molecule has 0 aliphatic heterocycles. The van der Waals surface area contributed by atoms with Gasteiger partial charge >= 0.3 is 0 Å². The topological polar surface area (TPSA) is 93.3 Å². The monoisotopic (exact) mass is 471 g/mol. The van der Waals surface area contributed by atoms with Crippen LogP contribution in [0.15, 0.2) is 52.2 Å². The highest BCUT2D eigenvalue weighted by Gasteiger charge is 2.26. The maximum atomic E-state index is 13.0. The highest BCUT2D eigenvalue weighted by Crippen LogP contribution is 2.35. The van der Waals surface area contributed by atoms with Gasteiger partial charge < -0.3 is 14.6 Å². The minimum Gasteiger partial charge on any atom is -0.461 e. The van der Waals surface area contributed by atoms with Gasteiger partial charge in [0, 0.05) is 18.8 Å². The molecule has 8 nitrogen and oxygen atoms in total. The van der Waals surface area contributed by atoms with Crippen LogP contribution in [0.2, 0.25) is 0 Å². The highest BCUT2D eigenvalue weighted by atomic mass is 32.2. The van der Waals surface area contributed by atoms with Gasteiger partial charge in [-0.2, -0.15) is 0 Å². The first-order valence-corrected chi connectivity index (χ1v) is 11.9. The fraction of sp³-hybridized carbons (Fsp3) is 0.391. The van der Waals surface area contributed by atoms with E-state index in [1.165, 1.54) is 47.3 Å². The number of rotatable bonds is 8. The first-order chi connectivity index (χ1) is 16.0. The molecule has 4 rings (SSSR count). The molecule has 0 unspecified atom stereocenters. The molecule has 1 saturated carbocycles. The van der Waals surface area contributed by atoms with E-state index in [1.807, 2.05) is 12.1 Å². The summed E-state index contributed by atoms with van der Waals surface area (Å²) < 4.78 is 20.7. The molecule has 1 aliphatic rings. The van der Waals surface area contributed by atoms with Crippen molar-refractivity contribution in [2.45, 2.75) is 43.3 Å². The number of carbonyl (C=O) groups is 2. The number of nitrogens with zero attached hydrogens (tertiary/aromatic N) is 4. The van der Waals surface area contributed by atoms with Gasteiger partial charge in [0.2, 0.25) is 17.6 Å². The van der Waals surface area contributed by atoms with Crippen molar-refractivity contribution >= 4 is 29.3 Å². The maximum Gasteiger partial charge on any atom is 0.243 e. The number of nitrogens with one attached hydrogen (secondary N) is 1. The number of carbonyl (C=O) groups excluding carboxylic acids is 2. The summed E-state index contributed by atoms with van der Waals surface area (Å²) in [6.45, 7) is -0.107. The molecule has 2 aromatic heterocycles. The minimum atomic E-state index is -0.381. The molecule has 1 N–H and O–H groups in total. The lowest BCUT2D eigenvalue weighted by Crippen LogP contribution is -2.36. The van der Waals surface area contributed by atoms with E-state index in [4.69, 9.17) is 4.42 Å². The number of hydrogen-bond donors (Lipinski definition) is 1. The molecule has 1 aromatic carbocycles. The van der Waals surface area contributed by atoms with Gasteiger partial charge in [-0.3, -0.25) is 14.2 Å². The Morgan fingerprint density at radius 2 is 1.94 bits per heavy atom. The molecule has 0 radical (unpaired) electrons. The van der Waals surface area contributed by atoms with Crippen molar-refractivity contribution in [1.82, 2.24) is 19.7 Å². The van der Waals surface area contributed by atoms with E-state index in [0.717, 1.165) is 25.7 Å². The molecule has 0 saturated heterocycles. The van der Waals surface area contributed by atoms with Gasteiger partial charge in [0.15, 0.2) is 10.9 Å². The van der Waals surface area contributed by atoms with E-state index >= 15 is 0 Å². The largest absolute Gasteiger partial charge is 0.461 e. The molecule has 0 atom stereocenters. The van der Waals surface area contributed by atoms with Crippen molar-refractivity contribution in [3.05, 3.63) is 48.5 Å². The Morgan fingerprint density at radius 1 is 1.18 bits per heavy atom. The predicted molar refractivity (Wildman–Crippen MR) is 123 cm³/mol. The van der Waals surface area contributed by atoms with Crippen LogP contribution in [0.25, 0.3) is 11.6 Å². The number of amides is 2. The smallest absolute Gasteiger partial charge is 0.243 e. The Morgan fingerprint density at radius 3 is 2.64 bits per heavy atom. The highest BCUT2D eigenvalue weighted by molar-refractivity contribution is 7.99. The molecule has 10 heteroatoms. The van der Waals surface area contributed by atoms with E-state index in [2.05, 4.69) is 20.1 Å².